The monoisotopic (exact) mass is 394 g/mol. The summed E-state index contributed by atoms with van der Waals surface area (Å²) in [5, 5.41) is 0. The molecule has 0 aliphatic heterocycles. The molecule has 4 aliphatic rings. The van der Waals surface area contributed by atoms with Crippen molar-refractivity contribution in [1.29, 1.82) is 0 Å². The third kappa shape index (κ3) is 3.37. The van der Waals surface area contributed by atoms with Crippen LogP contribution in [0.3, 0.4) is 0 Å². The summed E-state index contributed by atoms with van der Waals surface area (Å²) in [4.78, 5) is 12.4. The second-order valence-corrected chi connectivity index (χ2v) is 10.5. The van der Waals surface area contributed by atoms with E-state index in [9.17, 15) is 13.2 Å². The number of carbonyl (C=O) groups is 1. The van der Waals surface area contributed by atoms with Crippen molar-refractivity contribution in [3.05, 3.63) is 0 Å². The molecule has 0 unspecified atom stereocenters. The van der Waals surface area contributed by atoms with Crippen LogP contribution in [0.15, 0.2) is 0 Å². The van der Waals surface area contributed by atoms with Gasteiger partial charge in [0.1, 0.15) is 5.78 Å². The molecule has 0 saturated heterocycles. The Labute approximate surface area is 180 Å². The number of hydrogen-bond donors (Lipinski definition) is 1. The van der Waals surface area contributed by atoms with Gasteiger partial charge in [0.05, 0.1) is 6.10 Å². The average Bonchev–Trinajstić information content (AvgIpc) is 2.82. The van der Waals surface area contributed by atoms with E-state index in [1.54, 1.807) is 0 Å². The predicted octanol–water partition coefficient (Wildman–Crippen LogP) is 0.903. The van der Waals surface area contributed by atoms with Crippen LogP contribution in [0.2, 0.25) is 0 Å². The van der Waals surface area contributed by atoms with Gasteiger partial charge in [-0.15, -0.1) is 0 Å². The number of rotatable bonds is 2. The van der Waals surface area contributed by atoms with Gasteiger partial charge in [0, 0.05) is 11.8 Å². The predicted molar refractivity (Wildman–Crippen MR) is 94.3 cm³/mol. The van der Waals surface area contributed by atoms with Gasteiger partial charge in [-0.2, -0.15) is 8.42 Å². The fourth-order valence-corrected chi connectivity index (χ4v) is 7.77. The third-order valence-corrected chi connectivity index (χ3v) is 9.10. The molecule has 0 amide bonds. The van der Waals surface area contributed by atoms with Gasteiger partial charge in [-0.3, -0.25) is 9.35 Å². The number of Topliss-reactive ketones (excluding diaryl/α,β-unsaturated/α-hetero) is 1. The second kappa shape index (κ2) is 7.10. The zero-order valence-electron chi connectivity index (χ0n) is 17.2. The molecule has 4 rings (SSSR count). The van der Waals surface area contributed by atoms with E-state index in [2.05, 4.69) is 13.8 Å². The van der Waals surface area contributed by atoms with Crippen molar-refractivity contribution in [1.82, 2.24) is 0 Å². The summed E-state index contributed by atoms with van der Waals surface area (Å²) in [5.74, 6) is 2.76. The van der Waals surface area contributed by atoms with E-state index >= 15 is 0 Å². The Morgan fingerprint density at radius 3 is 2.50 bits per heavy atom. The van der Waals surface area contributed by atoms with Crippen molar-refractivity contribution >= 4 is 16.2 Å². The summed E-state index contributed by atoms with van der Waals surface area (Å²) in [6, 6.07) is 0. The smallest absolute Gasteiger partial charge is 1.00 e. The Bertz CT molecular complexity index is 686. The average molecular weight is 395 g/mol. The molecule has 0 radical (unpaired) electrons. The van der Waals surface area contributed by atoms with Crippen LogP contribution in [0.4, 0.5) is 0 Å². The van der Waals surface area contributed by atoms with Crippen molar-refractivity contribution in [3.63, 3.8) is 0 Å². The number of fused-ring (bicyclic) bond motifs is 5. The molecule has 0 heterocycles. The summed E-state index contributed by atoms with van der Waals surface area (Å²) >= 11 is 0. The molecule has 26 heavy (non-hydrogen) atoms. The van der Waals surface area contributed by atoms with E-state index in [0.717, 1.165) is 51.4 Å². The maximum Gasteiger partial charge on any atom is 1.00 e. The molecular formula is C19H31NaO5S. The SMILES string of the molecule is C[C@]12CC[C@@H](OS(=O)(=O)O)C[C@H]1CC[C@@H]1[C@@H]2CC[C@]2(C)C(=O)CC[C@@H]12.[H-].[Na+]. The van der Waals surface area contributed by atoms with E-state index in [1.165, 1.54) is 0 Å². The zero-order valence-corrected chi connectivity index (χ0v) is 19.1. The normalized spacial score (nSPS) is 48.1. The molecule has 5 nitrogen and oxygen atoms in total. The first-order valence-corrected chi connectivity index (χ1v) is 11.2. The van der Waals surface area contributed by atoms with Crippen LogP contribution in [0.1, 0.15) is 73.1 Å². The van der Waals surface area contributed by atoms with Gasteiger partial charge in [0.2, 0.25) is 0 Å². The molecule has 0 bridgehead atoms. The molecule has 0 aromatic heterocycles. The van der Waals surface area contributed by atoms with E-state index in [1.807, 2.05) is 0 Å². The van der Waals surface area contributed by atoms with Gasteiger partial charge >= 0.3 is 40.0 Å². The Hall–Kier alpha value is 0.540. The zero-order chi connectivity index (χ0) is 18.0. The van der Waals surface area contributed by atoms with Gasteiger partial charge in [0.25, 0.3) is 0 Å². The molecule has 4 fully saturated rings. The second-order valence-electron chi connectivity index (χ2n) is 9.50. The minimum Gasteiger partial charge on any atom is -1.00 e. The minimum atomic E-state index is -4.37. The van der Waals surface area contributed by atoms with Crippen LogP contribution < -0.4 is 29.6 Å². The van der Waals surface area contributed by atoms with E-state index in [4.69, 9.17) is 8.74 Å². The van der Waals surface area contributed by atoms with Crippen molar-refractivity contribution in [2.45, 2.75) is 77.7 Å². The van der Waals surface area contributed by atoms with Crippen LogP contribution in [0.25, 0.3) is 0 Å². The minimum absolute atomic E-state index is 0. The first kappa shape index (κ1) is 21.3. The first-order valence-electron chi connectivity index (χ1n) is 9.82. The Morgan fingerprint density at radius 2 is 1.81 bits per heavy atom. The van der Waals surface area contributed by atoms with Crippen LogP contribution in [-0.4, -0.2) is 24.9 Å². The van der Waals surface area contributed by atoms with Gasteiger partial charge in [-0.1, -0.05) is 13.8 Å². The molecule has 1 N–H and O–H groups in total. The van der Waals surface area contributed by atoms with Crippen molar-refractivity contribution in [3.8, 4) is 0 Å². The van der Waals surface area contributed by atoms with Crippen molar-refractivity contribution in [2.75, 3.05) is 0 Å². The van der Waals surface area contributed by atoms with Crippen molar-refractivity contribution in [2.24, 2.45) is 34.5 Å². The van der Waals surface area contributed by atoms with Gasteiger partial charge in [0.15, 0.2) is 0 Å². The molecule has 4 aliphatic carbocycles. The summed E-state index contributed by atoms with van der Waals surface area (Å²) in [7, 11) is -4.37. The van der Waals surface area contributed by atoms with Gasteiger partial charge in [-0.05, 0) is 80.5 Å². The summed E-state index contributed by atoms with van der Waals surface area (Å²) in [6.45, 7) is 4.59. The maximum absolute atomic E-state index is 12.4. The van der Waals surface area contributed by atoms with Crippen LogP contribution >= 0.6 is 0 Å². The number of hydrogen-bond acceptors (Lipinski definition) is 4. The summed E-state index contributed by atoms with van der Waals surface area (Å²) in [6.07, 6.45) is 8.19. The Kier molecular flexibility index (Phi) is 5.80. The number of carbonyl (C=O) groups excluding carboxylic acids is 1. The molecule has 0 aromatic carbocycles. The van der Waals surface area contributed by atoms with Crippen LogP contribution in [0, 0.1) is 34.5 Å². The van der Waals surface area contributed by atoms with Crippen molar-refractivity contribution < 1.29 is 52.9 Å². The Morgan fingerprint density at radius 1 is 1.08 bits per heavy atom. The molecule has 0 aromatic rings. The fourth-order valence-electron chi connectivity index (χ4n) is 7.25. The molecule has 0 spiro atoms. The van der Waals surface area contributed by atoms with E-state index in [-0.39, 0.29) is 47.9 Å². The quantitative estimate of drug-likeness (QED) is 0.556. The first-order chi connectivity index (χ1) is 11.6. The number of ketones is 1. The molecule has 4 saturated carbocycles. The standard InChI is InChI=1S/C19H30O5S.Na.H/c1-18-9-7-13(24-25(21,22)23)11-12(18)3-4-14-15-5-6-17(20)19(15,2)10-8-16(14)18;;/h12-16H,3-11H2,1-2H3,(H,21,22,23);;/q;+1;-1/t12-,13-,14+,15+,16+,18+,19+;;/m1../s1. The van der Waals surface area contributed by atoms with Crippen LogP contribution in [-0.2, 0) is 19.4 Å². The summed E-state index contributed by atoms with van der Waals surface area (Å²) in [5.41, 5.74) is 0.130. The molecular weight excluding hydrogens is 363 g/mol. The van der Waals surface area contributed by atoms with E-state index < -0.39 is 10.4 Å². The van der Waals surface area contributed by atoms with Gasteiger partial charge < -0.3 is 1.43 Å². The maximum atomic E-state index is 12.4. The molecule has 7 atom stereocenters. The topological polar surface area (TPSA) is 80.7 Å². The Balaban J connectivity index is 0.00000131. The van der Waals surface area contributed by atoms with E-state index in [0.29, 0.717) is 35.9 Å². The summed E-state index contributed by atoms with van der Waals surface area (Å²) < 4.78 is 36.0. The molecule has 7 heteroatoms. The van der Waals surface area contributed by atoms with Gasteiger partial charge in [-0.25, -0.2) is 4.18 Å². The fraction of sp³-hybridized carbons (Fsp3) is 0.947. The third-order valence-electron chi connectivity index (χ3n) is 8.58. The largest absolute Gasteiger partial charge is 1.00 e. The molecule has 144 valence electrons. The van der Waals surface area contributed by atoms with Crippen LogP contribution in [0.5, 0.6) is 0 Å².